The molecule has 0 saturated carbocycles. The largest absolute Gasteiger partial charge is 0.482 e. The third kappa shape index (κ3) is 4.98. The number of benzene rings is 3. The van der Waals surface area contributed by atoms with Crippen molar-refractivity contribution in [2.45, 2.75) is 19.6 Å². The van der Waals surface area contributed by atoms with Crippen molar-refractivity contribution < 1.29 is 19.1 Å². The van der Waals surface area contributed by atoms with Gasteiger partial charge in [0, 0.05) is 16.8 Å². The van der Waals surface area contributed by atoms with Gasteiger partial charge in [0.2, 0.25) is 0 Å². The number of nitrogens with zero attached hydrogens (tertiary/aromatic N) is 1. The number of rotatable bonds is 6. The molecule has 0 spiro atoms. The van der Waals surface area contributed by atoms with Gasteiger partial charge in [0.15, 0.2) is 12.7 Å². The molecule has 1 unspecified atom stereocenters. The van der Waals surface area contributed by atoms with Crippen molar-refractivity contribution >= 4 is 46.4 Å². The predicted molar refractivity (Wildman–Crippen MR) is 125 cm³/mol. The molecule has 1 aliphatic heterocycles. The molecule has 164 valence electrons. The summed E-state index contributed by atoms with van der Waals surface area (Å²) in [6.45, 7) is 1.91. The van der Waals surface area contributed by atoms with Crippen LogP contribution in [-0.2, 0) is 16.1 Å². The quantitative estimate of drug-likeness (QED) is 0.528. The van der Waals surface area contributed by atoms with Crippen molar-refractivity contribution in [2.24, 2.45) is 0 Å². The molecule has 0 fully saturated rings. The summed E-state index contributed by atoms with van der Waals surface area (Å²) in [7, 11) is 0. The van der Waals surface area contributed by atoms with Crippen LogP contribution in [0.1, 0.15) is 12.5 Å². The van der Waals surface area contributed by atoms with E-state index < -0.39 is 6.10 Å². The maximum Gasteiger partial charge on any atom is 0.268 e. The fourth-order valence-corrected chi connectivity index (χ4v) is 3.81. The number of ether oxygens (including phenoxy) is 2. The molecule has 0 saturated heterocycles. The molecule has 0 aliphatic carbocycles. The third-order valence-electron chi connectivity index (χ3n) is 4.89. The summed E-state index contributed by atoms with van der Waals surface area (Å²) in [5, 5.41) is 3.57. The predicted octanol–water partition coefficient (Wildman–Crippen LogP) is 5.33. The van der Waals surface area contributed by atoms with Gasteiger partial charge in [0.05, 0.1) is 17.3 Å². The minimum Gasteiger partial charge on any atom is -0.482 e. The van der Waals surface area contributed by atoms with Crippen molar-refractivity contribution in [2.75, 3.05) is 16.8 Å². The van der Waals surface area contributed by atoms with Crippen LogP contribution in [0, 0.1) is 0 Å². The molecule has 3 aromatic rings. The molecule has 0 bridgehead atoms. The summed E-state index contributed by atoms with van der Waals surface area (Å²) in [6, 6.07) is 19.7. The Morgan fingerprint density at radius 1 is 1.09 bits per heavy atom. The lowest BCUT2D eigenvalue weighted by molar-refractivity contribution is -0.125. The first-order valence-corrected chi connectivity index (χ1v) is 10.7. The standard InChI is InChI=1S/C24H20Cl2N2O4/c1-15-24(30)28(13-16-5-3-2-4-6-16)20-9-8-18(12-22(20)32-15)27-23(29)14-31-21-10-7-17(25)11-19(21)26/h2-12,15H,13-14H2,1H3,(H,27,29). The van der Waals surface area contributed by atoms with E-state index in [0.717, 1.165) is 5.56 Å². The second-order valence-corrected chi connectivity index (χ2v) is 8.11. The van der Waals surface area contributed by atoms with Crippen LogP contribution >= 0.6 is 23.2 Å². The Balaban J connectivity index is 1.46. The lowest BCUT2D eigenvalue weighted by Crippen LogP contribution is -2.44. The van der Waals surface area contributed by atoms with E-state index in [1.807, 2.05) is 30.3 Å². The van der Waals surface area contributed by atoms with Gasteiger partial charge in [-0.25, -0.2) is 0 Å². The molecule has 1 atom stereocenters. The average molecular weight is 471 g/mol. The Kier molecular flexibility index (Phi) is 6.53. The van der Waals surface area contributed by atoms with Crippen LogP contribution in [0.3, 0.4) is 0 Å². The molecule has 0 aromatic heterocycles. The minimum absolute atomic E-state index is 0.119. The van der Waals surface area contributed by atoms with Gasteiger partial charge in [-0.05, 0) is 42.8 Å². The zero-order chi connectivity index (χ0) is 22.7. The minimum atomic E-state index is -0.632. The molecule has 4 rings (SSSR count). The lowest BCUT2D eigenvalue weighted by Gasteiger charge is -2.33. The molecule has 8 heteroatoms. The summed E-state index contributed by atoms with van der Waals surface area (Å²) in [4.78, 5) is 26.8. The number of halogens is 2. The Bertz CT molecular complexity index is 1150. The fourth-order valence-electron chi connectivity index (χ4n) is 3.35. The molecule has 1 heterocycles. The number of nitrogens with one attached hydrogen (secondary N) is 1. The zero-order valence-corrected chi connectivity index (χ0v) is 18.7. The molecule has 6 nitrogen and oxygen atoms in total. The van der Waals surface area contributed by atoms with Gasteiger partial charge in [0.1, 0.15) is 11.5 Å². The van der Waals surface area contributed by atoms with E-state index in [0.29, 0.717) is 39.5 Å². The fraction of sp³-hybridized carbons (Fsp3) is 0.167. The Morgan fingerprint density at radius 3 is 2.62 bits per heavy atom. The Labute approximate surface area is 195 Å². The molecule has 1 N–H and O–H groups in total. The number of carbonyl (C=O) groups is 2. The van der Waals surface area contributed by atoms with Crippen molar-refractivity contribution in [1.29, 1.82) is 0 Å². The van der Waals surface area contributed by atoms with Crippen LogP contribution in [-0.4, -0.2) is 24.5 Å². The molecule has 2 amide bonds. The highest BCUT2D eigenvalue weighted by molar-refractivity contribution is 6.35. The number of hydrogen-bond acceptors (Lipinski definition) is 4. The first-order valence-electron chi connectivity index (χ1n) is 9.94. The van der Waals surface area contributed by atoms with Gasteiger partial charge >= 0.3 is 0 Å². The third-order valence-corrected chi connectivity index (χ3v) is 5.42. The first kappa shape index (κ1) is 22.0. The maximum atomic E-state index is 12.7. The van der Waals surface area contributed by atoms with Crippen molar-refractivity contribution in [1.82, 2.24) is 0 Å². The first-order chi connectivity index (χ1) is 15.4. The maximum absolute atomic E-state index is 12.7. The van der Waals surface area contributed by atoms with E-state index in [-0.39, 0.29) is 18.4 Å². The zero-order valence-electron chi connectivity index (χ0n) is 17.2. The highest BCUT2D eigenvalue weighted by Crippen LogP contribution is 2.37. The number of fused-ring (bicyclic) bond motifs is 1. The van der Waals surface area contributed by atoms with Crippen LogP contribution < -0.4 is 19.7 Å². The van der Waals surface area contributed by atoms with Crippen molar-refractivity contribution in [3.05, 3.63) is 82.3 Å². The topological polar surface area (TPSA) is 67.9 Å². The van der Waals surface area contributed by atoms with E-state index in [1.165, 1.54) is 0 Å². The summed E-state index contributed by atoms with van der Waals surface area (Å²) in [6.07, 6.45) is -0.632. The monoisotopic (exact) mass is 470 g/mol. The Hall–Kier alpha value is -3.22. The summed E-state index contributed by atoms with van der Waals surface area (Å²) in [5.41, 5.74) is 2.19. The molecular formula is C24H20Cl2N2O4. The number of amides is 2. The van der Waals surface area contributed by atoms with Crippen LogP contribution in [0.25, 0.3) is 0 Å². The van der Waals surface area contributed by atoms with Gasteiger partial charge in [-0.15, -0.1) is 0 Å². The molecular weight excluding hydrogens is 451 g/mol. The van der Waals surface area contributed by atoms with Crippen LogP contribution in [0.2, 0.25) is 10.0 Å². The van der Waals surface area contributed by atoms with Gasteiger partial charge in [-0.3, -0.25) is 9.59 Å². The SMILES string of the molecule is CC1Oc2cc(NC(=O)COc3ccc(Cl)cc3Cl)ccc2N(Cc2ccccc2)C1=O. The van der Waals surface area contributed by atoms with Crippen molar-refractivity contribution in [3.63, 3.8) is 0 Å². The molecule has 1 aliphatic rings. The van der Waals surface area contributed by atoms with Crippen LogP contribution in [0.5, 0.6) is 11.5 Å². The number of anilines is 2. The number of carbonyl (C=O) groups excluding carboxylic acids is 2. The normalized spacial score (nSPS) is 15.0. The lowest BCUT2D eigenvalue weighted by atomic mass is 10.1. The smallest absolute Gasteiger partial charge is 0.268 e. The molecule has 32 heavy (non-hydrogen) atoms. The Morgan fingerprint density at radius 2 is 1.88 bits per heavy atom. The molecule has 3 aromatic carbocycles. The second kappa shape index (κ2) is 9.51. The highest BCUT2D eigenvalue weighted by atomic mass is 35.5. The highest BCUT2D eigenvalue weighted by Gasteiger charge is 2.31. The van der Waals surface area contributed by atoms with E-state index in [9.17, 15) is 9.59 Å². The summed E-state index contributed by atoms with van der Waals surface area (Å²) < 4.78 is 11.3. The van der Waals surface area contributed by atoms with Gasteiger partial charge in [-0.1, -0.05) is 53.5 Å². The van der Waals surface area contributed by atoms with Gasteiger partial charge < -0.3 is 19.7 Å². The van der Waals surface area contributed by atoms with E-state index >= 15 is 0 Å². The van der Waals surface area contributed by atoms with Crippen LogP contribution in [0.4, 0.5) is 11.4 Å². The van der Waals surface area contributed by atoms with Gasteiger partial charge in [0.25, 0.3) is 11.8 Å². The average Bonchev–Trinajstić information content (AvgIpc) is 2.77. The summed E-state index contributed by atoms with van der Waals surface area (Å²) >= 11 is 11.9. The molecule has 0 radical (unpaired) electrons. The number of hydrogen-bond donors (Lipinski definition) is 1. The van der Waals surface area contributed by atoms with Crippen LogP contribution in [0.15, 0.2) is 66.7 Å². The van der Waals surface area contributed by atoms with E-state index in [2.05, 4.69) is 5.32 Å². The van der Waals surface area contributed by atoms with E-state index in [1.54, 1.807) is 48.2 Å². The second-order valence-electron chi connectivity index (χ2n) is 7.26. The van der Waals surface area contributed by atoms with Crippen molar-refractivity contribution in [3.8, 4) is 11.5 Å². The van der Waals surface area contributed by atoms with Gasteiger partial charge in [-0.2, -0.15) is 0 Å². The van der Waals surface area contributed by atoms with E-state index in [4.69, 9.17) is 32.7 Å². The summed E-state index contributed by atoms with van der Waals surface area (Å²) in [5.74, 6) is 0.403.